The Hall–Kier alpha value is -3.08. The van der Waals surface area contributed by atoms with Gasteiger partial charge in [-0.25, -0.2) is 17.9 Å². The van der Waals surface area contributed by atoms with Gasteiger partial charge in [-0.15, -0.1) is 0 Å². The lowest BCUT2D eigenvalue weighted by atomic mass is 10.0. The van der Waals surface area contributed by atoms with Gasteiger partial charge in [-0.3, -0.25) is 5.01 Å². The van der Waals surface area contributed by atoms with E-state index in [4.69, 9.17) is 4.74 Å². The van der Waals surface area contributed by atoms with E-state index < -0.39 is 34.0 Å². The Morgan fingerprint density at radius 1 is 1.16 bits per heavy atom. The fraction of sp³-hybridized carbons (Fsp3) is 0.333. The second-order valence-corrected chi connectivity index (χ2v) is 9.29. The number of hydrazone groups is 1. The van der Waals surface area contributed by atoms with Gasteiger partial charge in [0.2, 0.25) is 0 Å². The molecule has 0 fully saturated rings. The van der Waals surface area contributed by atoms with Crippen LogP contribution in [0.3, 0.4) is 0 Å². The number of rotatable bonds is 6. The van der Waals surface area contributed by atoms with Crippen LogP contribution in [0, 0.1) is 5.92 Å². The number of benzene rings is 2. The van der Waals surface area contributed by atoms with Gasteiger partial charge in [0.1, 0.15) is 5.71 Å². The number of carbonyl (C=O) groups excluding carboxylic acids is 1. The number of nitrogens with one attached hydrogen (secondary N) is 1. The normalized spacial score (nSPS) is 16.8. The van der Waals surface area contributed by atoms with E-state index in [0.29, 0.717) is 5.56 Å². The van der Waals surface area contributed by atoms with Crippen molar-refractivity contribution >= 4 is 27.5 Å². The van der Waals surface area contributed by atoms with Crippen LogP contribution in [0.15, 0.2) is 64.6 Å². The van der Waals surface area contributed by atoms with Gasteiger partial charge in [-0.1, -0.05) is 44.2 Å². The number of anilines is 1. The molecular weight excluding hydrogens is 447 g/mol. The number of halogens is 3. The molecule has 0 aromatic heterocycles. The molecule has 32 heavy (non-hydrogen) atoms. The van der Waals surface area contributed by atoms with Crippen molar-refractivity contribution in [1.29, 1.82) is 0 Å². The van der Waals surface area contributed by atoms with Crippen molar-refractivity contribution in [1.82, 2.24) is 4.72 Å². The first-order valence-corrected chi connectivity index (χ1v) is 11.2. The van der Waals surface area contributed by atoms with Gasteiger partial charge in [0.05, 0.1) is 23.2 Å². The Kier molecular flexibility index (Phi) is 6.77. The highest BCUT2D eigenvalue weighted by atomic mass is 32.2. The first-order valence-electron chi connectivity index (χ1n) is 9.76. The number of hydrogen-bond acceptors (Lipinski definition) is 6. The van der Waals surface area contributed by atoms with Crippen LogP contribution in [0.2, 0.25) is 0 Å². The molecule has 1 atom stereocenters. The number of alkyl halides is 3. The largest absolute Gasteiger partial charge is 0.449 e. The smallest absolute Gasteiger partial charge is 0.431 e. The molecular formula is C21H22F3N3O4S. The van der Waals surface area contributed by atoms with E-state index in [1.54, 1.807) is 48.9 Å². The summed E-state index contributed by atoms with van der Waals surface area (Å²) in [6.45, 7) is 3.65. The summed E-state index contributed by atoms with van der Waals surface area (Å²) in [5.41, 5.74) is -0.00110. The predicted molar refractivity (Wildman–Crippen MR) is 113 cm³/mol. The molecule has 0 aliphatic carbocycles. The third kappa shape index (κ3) is 5.58. The highest BCUT2D eigenvalue weighted by Gasteiger charge is 2.43. The lowest BCUT2D eigenvalue weighted by Crippen LogP contribution is -2.32. The third-order valence-corrected chi connectivity index (χ3v) is 5.93. The van der Waals surface area contributed by atoms with Crippen LogP contribution >= 0.6 is 0 Å². The summed E-state index contributed by atoms with van der Waals surface area (Å²) in [4.78, 5) is 11.5. The quantitative estimate of drug-likeness (QED) is 0.667. The minimum Gasteiger partial charge on any atom is -0.449 e. The van der Waals surface area contributed by atoms with Crippen LogP contribution in [0.4, 0.5) is 23.7 Å². The summed E-state index contributed by atoms with van der Waals surface area (Å²) in [5.74, 6) is 0.0305. The van der Waals surface area contributed by atoms with E-state index in [0.717, 1.165) is 0 Å². The maximum atomic E-state index is 13.3. The van der Waals surface area contributed by atoms with Crippen LogP contribution in [0.25, 0.3) is 0 Å². The zero-order chi connectivity index (χ0) is 23.5. The van der Waals surface area contributed by atoms with Crippen molar-refractivity contribution in [3.63, 3.8) is 0 Å². The molecule has 1 unspecified atom stereocenters. The molecule has 0 radical (unpaired) electrons. The third-order valence-electron chi connectivity index (χ3n) is 4.60. The predicted octanol–water partition coefficient (Wildman–Crippen LogP) is 4.63. The van der Waals surface area contributed by atoms with Crippen molar-refractivity contribution in [2.45, 2.75) is 37.4 Å². The summed E-state index contributed by atoms with van der Waals surface area (Å²) in [6.07, 6.45) is -6.02. The second-order valence-electron chi connectivity index (χ2n) is 7.61. The van der Waals surface area contributed by atoms with E-state index in [2.05, 4.69) is 5.10 Å². The number of sulfonamides is 1. The van der Waals surface area contributed by atoms with Gasteiger partial charge in [-0.05, 0) is 35.7 Å². The monoisotopic (exact) mass is 469 g/mol. The van der Waals surface area contributed by atoms with Gasteiger partial charge in [0.25, 0.3) is 10.0 Å². The molecule has 1 aliphatic heterocycles. The van der Waals surface area contributed by atoms with Crippen LogP contribution in [-0.4, -0.2) is 33.0 Å². The molecule has 172 valence electrons. The Morgan fingerprint density at radius 2 is 1.78 bits per heavy atom. The fourth-order valence-corrected chi connectivity index (χ4v) is 3.96. The number of carbonyl (C=O) groups is 1. The summed E-state index contributed by atoms with van der Waals surface area (Å²) in [7, 11) is -4.21. The van der Waals surface area contributed by atoms with Crippen molar-refractivity contribution in [2.24, 2.45) is 11.0 Å². The molecule has 0 bridgehead atoms. The fourth-order valence-electron chi connectivity index (χ4n) is 3.07. The molecule has 3 rings (SSSR count). The van der Waals surface area contributed by atoms with Crippen molar-refractivity contribution in [3.8, 4) is 0 Å². The maximum absolute atomic E-state index is 13.3. The van der Waals surface area contributed by atoms with Gasteiger partial charge in [0, 0.05) is 6.42 Å². The minimum atomic E-state index is -4.58. The maximum Gasteiger partial charge on any atom is 0.431 e. The standard InChI is InChI=1S/C21H22F3N3O4S/c1-14(2)13-31-20(28)26-32(29,30)17-10-8-16(9-11-17)27-18(15-6-4-3-5-7-15)12-19(25-27)21(22,23)24/h3-11,14,18H,12-13H2,1-2H3,(H,26,28). The minimum absolute atomic E-state index is 0.0305. The SMILES string of the molecule is CC(C)COC(=O)NS(=O)(=O)c1ccc(N2N=C(C(F)(F)F)CC2c2ccccc2)cc1. The Morgan fingerprint density at radius 3 is 2.34 bits per heavy atom. The average Bonchev–Trinajstić information content (AvgIpc) is 3.19. The zero-order valence-electron chi connectivity index (χ0n) is 17.3. The lowest BCUT2D eigenvalue weighted by molar-refractivity contribution is -0.0600. The first kappa shape index (κ1) is 23.6. The Bertz CT molecular complexity index is 1090. The molecule has 1 amide bonds. The van der Waals surface area contributed by atoms with Crippen molar-refractivity contribution < 1.29 is 31.1 Å². The van der Waals surface area contributed by atoms with Crippen LogP contribution in [0.5, 0.6) is 0 Å². The van der Waals surface area contributed by atoms with Gasteiger partial charge in [-0.2, -0.15) is 18.3 Å². The van der Waals surface area contributed by atoms with Crippen molar-refractivity contribution in [3.05, 3.63) is 60.2 Å². The summed E-state index contributed by atoms with van der Waals surface area (Å²) in [5, 5.41) is 4.98. The second kappa shape index (κ2) is 9.19. The number of hydrogen-bond donors (Lipinski definition) is 1. The molecule has 11 heteroatoms. The number of nitrogens with zero attached hydrogens (tertiary/aromatic N) is 2. The molecule has 0 saturated heterocycles. The summed E-state index contributed by atoms with van der Waals surface area (Å²) in [6, 6.07) is 13.0. The molecule has 2 aromatic carbocycles. The highest BCUT2D eigenvalue weighted by molar-refractivity contribution is 7.90. The molecule has 7 nitrogen and oxygen atoms in total. The molecule has 1 N–H and O–H groups in total. The first-order chi connectivity index (χ1) is 15.0. The molecule has 0 spiro atoms. The number of amides is 1. The Balaban J connectivity index is 1.84. The van der Waals surface area contributed by atoms with E-state index >= 15 is 0 Å². The zero-order valence-corrected chi connectivity index (χ0v) is 18.2. The Labute approximate surface area is 183 Å². The van der Waals surface area contributed by atoms with Crippen LogP contribution in [-0.2, 0) is 14.8 Å². The van der Waals surface area contributed by atoms with E-state index in [1.165, 1.54) is 29.3 Å². The highest BCUT2D eigenvalue weighted by Crippen LogP contribution is 2.39. The van der Waals surface area contributed by atoms with Gasteiger partial charge in [0.15, 0.2) is 0 Å². The van der Waals surface area contributed by atoms with Gasteiger partial charge < -0.3 is 4.74 Å². The molecule has 0 saturated carbocycles. The van der Waals surface area contributed by atoms with Crippen LogP contribution < -0.4 is 9.73 Å². The van der Waals surface area contributed by atoms with Crippen molar-refractivity contribution in [2.75, 3.05) is 11.6 Å². The summed E-state index contributed by atoms with van der Waals surface area (Å²) < 4.78 is 71.3. The lowest BCUT2D eigenvalue weighted by Gasteiger charge is -2.24. The average molecular weight is 469 g/mol. The van der Waals surface area contributed by atoms with E-state index in [1.807, 2.05) is 0 Å². The van der Waals surface area contributed by atoms with Crippen LogP contribution in [0.1, 0.15) is 31.9 Å². The summed E-state index contributed by atoms with van der Waals surface area (Å²) >= 11 is 0. The molecule has 1 heterocycles. The van der Waals surface area contributed by atoms with Gasteiger partial charge >= 0.3 is 12.3 Å². The van der Waals surface area contributed by atoms with E-state index in [-0.39, 0.29) is 29.5 Å². The topological polar surface area (TPSA) is 88.1 Å². The number of ether oxygens (including phenoxy) is 1. The molecule has 2 aromatic rings. The molecule has 1 aliphatic rings. The van der Waals surface area contributed by atoms with E-state index in [9.17, 15) is 26.4 Å².